The number of allylic oxidation sites excluding steroid dienone is 1. The first-order valence-electron chi connectivity index (χ1n) is 5.55. The molecule has 0 aromatic carbocycles. The molecule has 17 heavy (non-hydrogen) atoms. The Kier molecular flexibility index (Phi) is 3.23. The van der Waals surface area contributed by atoms with Crippen LogP contribution in [0.5, 0.6) is 0 Å². The van der Waals surface area contributed by atoms with Gasteiger partial charge in [-0.25, -0.2) is 4.98 Å². The normalized spacial score (nSPS) is 15.9. The maximum Gasteiger partial charge on any atom is 0.221 e. The van der Waals surface area contributed by atoms with Crippen molar-refractivity contribution in [3.05, 3.63) is 48.7 Å². The third-order valence-corrected chi connectivity index (χ3v) is 2.90. The van der Waals surface area contributed by atoms with Gasteiger partial charge in [0.15, 0.2) is 0 Å². The highest BCUT2D eigenvalue weighted by molar-refractivity contribution is 5.48. The fraction of sp³-hybridized carbons (Fsp3) is 0.231. The number of nitrogen functional groups attached to an aromatic ring is 1. The molecule has 0 aliphatic carbocycles. The first kappa shape index (κ1) is 11.4. The monoisotopic (exact) mass is 228 g/mol. The van der Waals surface area contributed by atoms with Gasteiger partial charge in [-0.2, -0.15) is 4.98 Å². The first-order chi connectivity index (χ1) is 8.24. The van der Waals surface area contributed by atoms with Crippen LogP contribution in [0.1, 0.15) is 6.42 Å². The summed E-state index contributed by atoms with van der Waals surface area (Å²) in [6, 6.07) is 1.87. The van der Waals surface area contributed by atoms with Gasteiger partial charge in [-0.1, -0.05) is 25.3 Å². The van der Waals surface area contributed by atoms with Crippen molar-refractivity contribution in [1.29, 1.82) is 0 Å². The minimum absolute atomic E-state index is 0.307. The summed E-state index contributed by atoms with van der Waals surface area (Å²) in [5.41, 5.74) is 8.05. The van der Waals surface area contributed by atoms with E-state index in [2.05, 4.69) is 28.0 Å². The van der Waals surface area contributed by atoms with Crippen LogP contribution in [-0.4, -0.2) is 23.1 Å². The number of anilines is 2. The van der Waals surface area contributed by atoms with E-state index in [0.717, 1.165) is 25.3 Å². The SMILES string of the molecule is C=CC1=C(C=C)CN(c2ccnc(N)n2)CC1. The molecule has 0 radical (unpaired) electrons. The molecule has 4 nitrogen and oxygen atoms in total. The fourth-order valence-electron chi connectivity index (χ4n) is 1.97. The van der Waals surface area contributed by atoms with E-state index in [4.69, 9.17) is 5.73 Å². The van der Waals surface area contributed by atoms with Crippen molar-refractivity contribution in [2.45, 2.75) is 6.42 Å². The number of nitrogens with zero attached hydrogens (tertiary/aromatic N) is 3. The van der Waals surface area contributed by atoms with E-state index in [0.29, 0.717) is 5.95 Å². The zero-order valence-electron chi connectivity index (χ0n) is 9.76. The molecule has 1 aliphatic heterocycles. The van der Waals surface area contributed by atoms with Crippen LogP contribution in [0.25, 0.3) is 0 Å². The second-order valence-electron chi connectivity index (χ2n) is 3.90. The number of aromatic nitrogens is 2. The van der Waals surface area contributed by atoms with Crippen molar-refractivity contribution in [2.24, 2.45) is 0 Å². The molecule has 2 N–H and O–H groups in total. The van der Waals surface area contributed by atoms with E-state index in [-0.39, 0.29) is 0 Å². The fourth-order valence-corrected chi connectivity index (χ4v) is 1.97. The largest absolute Gasteiger partial charge is 0.368 e. The lowest BCUT2D eigenvalue weighted by Crippen LogP contribution is -2.31. The van der Waals surface area contributed by atoms with Crippen molar-refractivity contribution in [2.75, 3.05) is 23.7 Å². The summed E-state index contributed by atoms with van der Waals surface area (Å²) in [7, 11) is 0. The summed E-state index contributed by atoms with van der Waals surface area (Å²) in [5, 5.41) is 0. The Bertz CT molecular complexity index is 476. The van der Waals surface area contributed by atoms with Gasteiger partial charge >= 0.3 is 0 Å². The van der Waals surface area contributed by atoms with E-state index in [1.54, 1.807) is 6.20 Å². The molecule has 0 atom stereocenters. The summed E-state index contributed by atoms with van der Waals surface area (Å²) >= 11 is 0. The van der Waals surface area contributed by atoms with Crippen molar-refractivity contribution in [3.63, 3.8) is 0 Å². The van der Waals surface area contributed by atoms with E-state index in [9.17, 15) is 0 Å². The van der Waals surface area contributed by atoms with Crippen LogP contribution < -0.4 is 10.6 Å². The lowest BCUT2D eigenvalue weighted by Gasteiger charge is -2.29. The maximum absolute atomic E-state index is 5.59. The second-order valence-corrected chi connectivity index (χ2v) is 3.90. The van der Waals surface area contributed by atoms with Crippen LogP contribution in [0.4, 0.5) is 11.8 Å². The number of nitrogens with two attached hydrogens (primary N) is 1. The lowest BCUT2D eigenvalue weighted by atomic mass is 10.00. The Hall–Kier alpha value is -2.10. The predicted octanol–water partition coefficient (Wildman–Crippen LogP) is 1.94. The Morgan fingerprint density at radius 2 is 2.06 bits per heavy atom. The molecule has 0 fully saturated rings. The summed E-state index contributed by atoms with van der Waals surface area (Å²) < 4.78 is 0. The topological polar surface area (TPSA) is 55.0 Å². The molecule has 4 heteroatoms. The smallest absolute Gasteiger partial charge is 0.221 e. The minimum atomic E-state index is 0.307. The molecule has 0 unspecified atom stereocenters. The van der Waals surface area contributed by atoms with Gasteiger partial charge in [0.25, 0.3) is 0 Å². The number of rotatable bonds is 3. The Labute approximate surface area is 101 Å². The zero-order valence-corrected chi connectivity index (χ0v) is 9.76. The Morgan fingerprint density at radius 3 is 2.71 bits per heavy atom. The van der Waals surface area contributed by atoms with Crippen molar-refractivity contribution >= 4 is 11.8 Å². The maximum atomic E-state index is 5.59. The standard InChI is InChI=1S/C13H16N4/c1-3-10-6-8-17(9-11(10)4-2)12-5-7-15-13(14)16-12/h3-5,7H,1-2,6,8-9H2,(H2,14,15,16). The molecular weight excluding hydrogens is 212 g/mol. The molecule has 1 aromatic rings. The minimum Gasteiger partial charge on any atom is -0.368 e. The van der Waals surface area contributed by atoms with Crippen LogP contribution in [0.3, 0.4) is 0 Å². The van der Waals surface area contributed by atoms with Gasteiger partial charge in [0.05, 0.1) is 0 Å². The highest BCUT2D eigenvalue weighted by Crippen LogP contribution is 2.23. The molecule has 88 valence electrons. The van der Waals surface area contributed by atoms with Gasteiger partial charge in [-0.3, -0.25) is 0 Å². The van der Waals surface area contributed by atoms with Gasteiger partial charge in [-0.05, 0) is 23.6 Å². The van der Waals surface area contributed by atoms with Crippen LogP contribution in [0, 0.1) is 0 Å². The molecule has 0 amide bonds. The van der Waals surface area contributed by atoms with Crippen LogP contribution in [0.2, 0.25) is 0 Å². The summed E-state index contributed by atoms with van der Waals surface area (Å²) in [4.78, 5) is 10.3. The van der Waals surface area contributed by atoms with Crippen molar-refractivity contribution in [3.8, 4) is 0 Å². The predicted molar refractivity (Wildman–Crippen MR) is 70.7 cm³/mol. The quantitative estimate of drug-likeness (QED) is 0.859. The van der Waals surface area contributed by atoms with Crippen molar-refractivity contribution < 1.29 is 0 Å². The Morgan fingerprint density at radius 1 is 1.29 bits per heavy atom. The summed E-state index contributed by atoms with van der Waals surface area (Å²) in [6.45, 7) is 9.37. The molecular formula is C13H16N4. The average Bonchev–Trinajstić information content (AvgIpc) is 2.38. The number of hydrogen-bond donors (Lipinski definition) is 1. The summed E-state index contributed by atoms with van der Waals surface area (Å²) in [6.07, 6.45) is 6.42. The van der Waals surface area contributed by atoms with Crippen LogP contribution >= 0.6 is 0 Å². The molecule has 1 aliphatic rings. The van der Waals surface area contributed by atoms with Gasteiger partial charge in [-0.15, -0.1) is 0 Å². The zero-order chi connectivity index (χ0) is 12.3. The van der Waals surface area contributed by atoms with Gasteiger partial charge in [0, 0.05) is 19.3 Å². The van der Waals surface area contributed by atoms with Gasteiger partial charge in [0.1, 0.15) is 5.82 Å². The van der Waals surface area contributed by atoms with Crippen molar-refractivity contribution in [1.82, 2.24) is 9.97 Å². The highest BCUT2D eigenvalue weighted by Gasteiger charge is 2.16. The van der Waals surface area contributed by atoms with E-state index < -0.39 is 0 Å². The average molecular weight is 228 g/mol. The van der Waals surface area contributed by atoms with E-state index in [1.807, 2.05) is 18.2 Å². The molecule has 0 saturated carbocycles. The Balaban J connectivity index is 2.24. The van der Waals surface area contributed by atoms with Gasteiger partial charge in [0.2, 0.25) is 5.95 Å². The highest BCUT2D eigenvalue weighted by atomic mass is 15.2. The molecule has 1 aromatic heterocycles. The second kappa shape index (κ2) is 4.82. The van der Waals surface area contributed by atoms with Crippen LogP contribution in [0.15, 0.2) is 48.7 Å². The van der Waals surface area contributed by atoms with E-state index in [1.165, 1.54) is 11.1 Å². The lowest BCUT2D eigenvalue weighted by molar-refractivity contribution is 0.768. The van der Waals surface area contributed by atoms with Gasteiger partial charge < -0.3 is 10.6 Å². The molecule has 0 bridgehead atoms. The molecule has 0 spiro atoms. The molecule has 0 saturated heterocycles. The van der Waals surface area contributed by atoms with Crippen LogP contribution in [-0.2, 0) is 0 Å². The van der Waals surface area contributed by atoms with E-state index >= 15 is 0 Å². The third kappa shape index (κ3) is 2.36. The molecule has 2 heterocycles. The third-order valence-electron chi connectivity index (χ3n) is 2.90. The summed E-state index contributed by atoms with van der Waals surface area (Å²) in [5.74, 6) is 1.17. The first-order valence-corrected chi connectivity index (χ1v) is 5.55. The number of hydrogen-bond acceptors (Lipinski definition) is 4. The molecule has 2 rings (SSSR count).